The van der Waals surface area contributed by atoms with E-state index >= 15 is 0 Å². The van der Waals surface area contributed by atoms with Crippen LogP contribution in [0.2, 0.25) is 5.02 Å². The van der Waals surface area contributed by atoms with Gasteiger partial charge < -0.3 is 5.73 Å². The Bertz CT molecular complexity index is 500. The SMILES string of the molecule is Nc1ncc(-c2cccc(F)c2)cc1Cl. The lowest BCUT2D eigenvalue weighted by Gasteiger charge is -2.03. The molecule has 0 aliphatic heterocycles. The molecule has 4 heteroatoms. The van der Waals surface area contributed by atoms with Gasteiger partial charge in [0.25, 0.3) is 0 Å². The first-order valence-electron chi connectivity index (χ1n) is 4.34. The monoisotopic (exact) mass is 222 g/mol. The number of pyridine rings is 1. The molecule has 2 N–H and O–H groups in total. The summed E-state index contributed by atoms with van der Waals surface area (Å²) in [6.45, 7) is 0. The van der Waals surface area contributed by atoms with E-state index in [1.807, 2.05) is 0 Å². The number of nitrogens with zero attached hydrogens (tertiary/aromatic N) is 1. The van der Waals surface area contributed by atoms with Gasteiger partial charge in [0.1, 0.15) is 11.6 Å². The molecule has 0 radical (unpaired) electrons. The van der Waals surface area contributed by atoms with Crippen LogP contribution in [0.4, 0.5) is 10.2 Å². The maximum Gasteiger partial charge on any atom is 0.142 e. The molecule has 0 spiro atoms. The molecule has 1 heterocycles. The van der Waals surface area contributed by atoms with Crippen molar-refractivity contribution >= 4 is 17.4 Å². The average molecular weight is 223 g/mol. The molecule has 0 aliphatic rings. The van der Waals surface area contributed by atoms with Gasteiger partial charge >= 0.3 is 0 Å². The fraction of sp³-hybridized carbons (Fsp3) is 0. The van der Waals surface area contributed by atoms with Gasteiger partial charge in [-0.05, 0) is 23.8 Å². The van der Waals surface area contributed by atoms with E-state index in [0.717, 1.165) is 11.1 Å². The maximum absolute atomic E-state index is 13.0. The number of rotatable bonds is 1. The standard InChI is InChI=1S/C11H8ClFN2/c12-10-5-8(6-15-11(10)14)7-2-1-3-9(13)4-7/h1-6H,(H2,14,15). The molecule has 0 saturated carbocycles. The minimum absolute atomic E-state index is 0.275. The van der Waals surface area contributed by atoms with Crippen LogP contribution in [0.25, 0.3) is 11.1 Å². The fourth-order valence-electron chi connectivity index (χ4n) is 1.27. The van der Waals surface area contributed by atoms with E-state index in [1.54, 1.807) is 24.4 Å². The smallest absolute Gasteiger partial charge is 0.142 e. The summed E-state index contributed by atoms with van der Waals surface area (Å²) in [6.07, 6.45) is 1.57. The molecular weight excluding hydrogens is 215 g/mol. The first kappa shape index (κ1) is 9.93. The number of nitrogens with two attached hydrogens (primary N) is 1. The number of aromatic nitrogens is 1. The van der Waals surface area contributed by atoms with Crippen LogP contribution in [0.3, 0.4) is 0 Å². The van der Waals surface area contributed by atoms with E-state index in [0.29, 0.717) is 5.02 Å². The molecule has 2 rings (SSSR count). The van der Waals surface area contributed by atoms with Crippen molar-refractivity contribution in [3.05, 3.63) is 47.4 Å². The van der Waals surface area contributed by atoms with Crippen molar-refractivity contribution < 1.29 is 4.39 Å². The average Bonchev–Trinajstić information content (AvgIpc) is 2.22. The lowest BCUT2D eigenvalue weighted by atomic mass is 10.1. The van der Waals surface area contributed by atoms with Crippen LogP contribution in [0.15, 0.2) is 36.5 Å². The van der Waals surface area contributed by atoms with E-state index in [2.05, 4.69) is 4.98 Å². The van der Waals surface area contributed by atoms with Gasteiger partial charge in [-0.3, -0.25) is 0 Å². The lowest BCUT2D eigenvalue weighted by molar-refractivity contribution is 0.628. The number of nitrogen functional groups attached to an aromatic ring is 1. The topological polar surface area (TPSA) is 38.9 Å². The molecule has 2 nitrogen and oxygen atoms in total. The third kappa shape index (κ3) is 2.07. The summed E-state index contributed by atoms with van der Waals surface area (Å²) in [4.78, 5) is 3.91. The van der Waals surface area contributed by atoms with Crippen molar-refractivity contribution in [2.75, 3.05) is 5.73 Å². The van der Waals surface area contributed by atoms with Gasteiger partial charge in [-0.2, -0.15) is 0 Å². The summed E-state index contributed by atoms with van der Waals surface area (Å²) < 4.78 is 13.0. The molecular formula is C11H8ClFN2. The minimum Gasteiger partial charge on any atom is -0.382 e. The molecule has 2 aromatic rings. The van der Waals surface area contributed by atoms with Crippen molar-refractivity contribution in [3.8, 4) is 11.1 Å². The normalized spacial score (nSPS) is 10.3. The second-order valence-electron chi connectivity index (χ2n) is 3.10. The number of hydrogen-bond acceptors (Lipinski definition) is 2. The number of benzene rings is 1. The Kier molecular flexibility index (Phi) is 2.56. The maximum atomic E-state index is 13.0. The van der Waals surface area contributed by atoms with Gasteiger partial charge in [-0.25, -0.2) is 9.37 Å². The molecule has 15 heavy (non-hydrogen) atoms. The Balaban J connectivity index is 2.50. The summed E-state index contributed by atoms with van der Waals surface area (Å²) in [5.74, 6) is -0.0164. The Labute approximate surface area is 91.5 Å². The summed E-state index contributed by atoms with van der Waals surface area (Å²) in [6, 6.07) is 7.89. The second kappa shape index (κ2) is 3.87. The number of hydrogen-bond donors (Lipinski definition) is 1. The highest BCUT2D eigenvalue weighted by molar-refractivity contribution is 6.33. The summed E-state index contributed by atoms with van der Waals surface area (Å²) in [7, 11) is 0. The quantitative estimate of drug-likeness (QED) is 0.805. The highest BCUT2D eigenvalue weighted by Gasteiger charge is 2.03. The van der Waals surface area contributed by atoms with Crippen molar-refractivity contribution in [1.29, 1.82) is 0 Å². The Morgan fingerprint density at radius 1 is 1.20 bits per heavy atom. The summed E-state index contributed by atoms with van der Waals surface area (Å²) >= 11 is 5.82. The van der Waals surface area contributed by atoms with Gasteiger partial charge in [0.15, 0.2) is 0 Å². The van der Waals surface area contributed by atoms with Crippen LogP contribution in [0, 0.1) is 5.82 Å². The van der Waals surface area contributed by atoms with Crippen molar-refractivity contribution in [2.24, 2.45) is 0 Å². The largest absolute Gasteiger partial charge is 0.382 e. The minimum atomic E-state index is -0.291. The number of halogens is 2. The predicted octanol–water partition coefficient (Wildman–Crippen LogP) is 3.12. The zero-order valence-corrected chi connectivity index (χ0v) is 8.50. The van der Waals surface area contributed by atoms with Crippen LogP contribution < -0.4 is 5.73 Å². The molecule has 0 atom stereocenters. The third-order valence-corrected chi connectivity index (χ3v) is 2.33. The Hall–Kier alpha value is -1.61. The molecule has 76 valence electrons. The molecule has 0 amide bonds. The van der Waals surface area contributed by atoms with Gasteiger partial charge in [0.05, 0.1) is 5.02 Å². The highest BCUT2D eigenvalue weighted by atomic mass is 35.5. The molecule has 1 aromatic carbocycles. The van der Waals surface area contributed by atoms with Crippen LogP contribution in [-0.4, -0.2) is 4.98 Å². The molecule has 0 aliphatic carbocycles. The van der Waals surface area contributed by atoms with Crippen molar-refractivity contribution in [3.63, 3.8) is 0 Å². The third-order valence-electron chi connectivity index (χ3n) is 2.03. The van der Waals surface area contributed by atoms with E-state index in [9.17, 15) is 4.39 Å². The Morgan fingerprint density at radius 2 is 2.00 bits per heavy atom. The summed E-state index contributed by atoms with van der Waals surface area (Å²) in [5.41, 5.74) is 6.95. The second-order valence-corrected chi connectivity index (χ2v) is 3.51. The van der Waals surface area contributed by atoms with E-state index in [4.69, 9.17) is 17.3 Å². The van der Waals surface area contributed by atoms with Crippen molar-refractivity contribution in [2.45, 2.75) is 0 Å². The van der Waals surface area contributed by atoms with Crippen LogP contribution in [-0.2, 0) is 0 Å². The van der Waals surface area contributed by atoms with Gasteiger partial charge in [-0.1, -0.05) is 23.7 Å². The molecule has 0 fully saturated rings. The van der Waals surface area contributed by atoms with Crippen LogP contribution in [0.5, 0.6) is 0 Å². The molecule has 0 bridgehead atoms. The molecule has 1 aromatic heterocycles. The van der Waals surface area contributed by atoms with E-state index < -0.39 is 0 Å². The first-order valence-corrected chi connectivity index (χ1v) is 4.71. The zero-order chi connectivity index (χ0) is 10.8. The first-order chi connectivity index (χ1) is 7.16. The van der Waals surface area contributed by atoms with Crippen LogP contribution >= 0.6 is 11.6 Å². The Morgan fingerprint density at radius 3 is 2.67 bits per heavy atom. The lowest BCUT2D eigenvalue weighted by Crippen LogP contribution is -1.91. The predicted molar refractivity (Wildman–Crippen MR) is 59.1 cm³/mol. The van der Waals surface area contributed by atoms with E-state index in [-0.39, 0.29) is 11.6 Å². The van der Waals surface area contributed by atoms with Gasteiger partial charge in [-0.15, -0.1) is 0 Å². The van der Waals surface area contributed by atoms with Gasteiger partial charge in [0.2, 0.25) is 0 Å². The zero-order valence-electron chi connectivity index (χ0n) is 7.74. The number of anilines is 1. The summed E-state index contributed by atoms with van der Waals surface area (Å²) in [5, 5.41) is 0.372. The molecule has 0 saturated heterocycles. The fourth-order valence-corrected chi connectivity index (χ4v) is 1.44. The highest BCUT2D eigenvalue weighted by Crippen LogP contribution is 2.25. The van der Waals surface area contributed by atoms with Crippen molar-refractivity contribution in [1.82, 2.24) is 4.98 Å². The van der Waals surface area contributed by atoms with Crippen LogP contribution in [0.1, 0.15) is 0 Å². The van der Waals surface area contributed by atoms with E-state index in [1.165, 1.54) is 12.1 Å². The van der Waals surface area contributed by atoms with Gasteiger partial charge in [0, 0.05) is 11.8 Å². The molecule has 0 unspecified atom stereocenters.